The summed E-state index contributed by atoms with van der Waals surface area (Å²) < 4.78 is 8.95. The van der Waals surface area contributed by atoms with E-state index in [9.17, 15) is 14.4 Å². The minimum atomic E-state index is -0.750. The monoisotopic (exact) mass is 265 g/mol. The Hall–Kier alpha value is -2.21. The minimum Gasteiger partial charge on any atom is -0.468 e. The van der Waals surface area contributed by atoms with Crippen LogP contribution in [0.4, 0.5) is 0 Å². The maximum Gasteiger partial charge on any atom is 0.345 e. The number of benzene rings is 1. The topological polar surface area (TPSA) is 95.7 Å². The molecule has 1 rings (SSSR count). The molecule has 0 spiro atoms. The van der Waals surface area contributed by atoms with Crippen molar-refractivity contribution < 1.29 is 23.9 Å². The molecule has 1 aromatic carbocycles. The smallest absolute Gasteiger partial charge is 0.345 e. The first-order valence-electron chi connectivity index (χ1n) is 5.59. The van der Waals surface area contributed by atoms with Crippen LogP contribution >= 0.6 is 0 Å². The molecule has 1 aromatic rings. The zero-order chi connectivity index (χ0) is 14.4. The van der Waals surface area contributed by atoms with Crippen LogP contribution in [0.15, 0.2) is 24.3 Å². The molecular weight excluding hydrogens is 250 g/mol. The summed E-state index contributed by atoms with van der Waals surface area (Å²) in [6.45, 7) is 1.15. The Labute approximate surface area is 110 Å². The summed E-state index contributed by atoms with van der Waals surface area (Å²) >= 11 is 0. The van der Waals surface area contributed by atoms with E-state index < -0.39 is 23.9 Å². The van der Waals surface area contributed by atoms with Crippen molar-refractivity contribution in [2.24, 2.45) is 5.73 Å². The minimum absolute atomic E-state index is 0.255. The molecule has 1 unspecified atom stereocenters. The Balaban J connectivity index is 2.69. The molecule has 0 fully saturated rings. The predicted octanol–water partition coefficient (Wildman–Crippen LogP) is 0.433. The first kappa shape index (κ1) is 14.8. The highest BCUT2D eigenvalue weighted by Crippen LogP contribution is 2.08. The lowest BCUT2D eigenvalue weighted by molar-refractivity contribution is -0.142. The second-order valence-corrected chi connectivity index (χ2v) is 3.91. The molecule has 6 heteroatoms. The largest absolute Gasteiger partial charge is 0.468 e. The summed E-state index contributed by atoms with van der Waals surface area (Å²) in [6.07, 6.45) is 0.300. The van der Waals surface area contributed by atoms with Crippen molar-refractivity contribution in [3.05, 3.63) is 35.4 Å². The maximum atomic E-state index is 11.4. The molecule has 0 radical (unpaired) electrons. The third-order valence-corrected chi connectivity index (χ3v) is 2.39. The fraction of sp³-hybridized carbons (Fsp3) is 0.308. The summed E-state index contributed by atoms with van der Waals surface area (Å²) in [5.41, 5.74) is 6.64. The maximum absolute atomic E-state index is 11.4. The lowest BCUT2D eigenvalue weighted by atomic mass is 10.0. The number of ether oxygens (including phenoxy) is 2. The van der Waals surface area contributed by atoms with E-state index in [2.05, 4.69) is 9.47 Å². The van der Waals surface area contributed by atoms with Crippen LogP contribution in [0.5, 0.6) is 0 Å². The summed E-state index contributed by atoms with van der Waals surface area (Å²) in [5.74, 6) is -1.88. The van der Waals surface area contributed by atoms with Gasteiger partial charge in [0.2, 0.25) is 0 Å². The molecule has 19 heavy (non-hydrogen) atoms. The molecule has 6 nitrogen and oxygen atoms in total. The van der Waals surface area contributed by atoms with E-state index in [-0.39, 0.29) is 5.56 Å². The highest BCUT2D eigenvalue weighted by atomic mass is 16.6. The predicted molar refractivity (Wildman–Crippen MR) is 66.2 cm³/mol. The van der Waals surface area contributed by atoms with Crippen molar-refractivity contribution in [2.45, 2.75) is 19.4 Å². The van der Waals surface area contributed by atoms with Crippen molar-refractivity contribution in [1.82, 2.24) is 0 Å². The van der Waals surface area contributed by atoms with Crippen molar-refractivity contribution >= 4 is 17.9 Å². The average molecular weight is 265 g/mol. The van der Waals surface area contributed by atoms with Gasteiger partial charge in [-0.2, -0.15) is 0 Å². The van der Waals surface area contributed by atoms with Gasteiger partial charge in [0.15, 0.2) is 0 Å². The van der Waals surface area contributed by atoms with Crippen LogP contribution in [-0.2, 0) is 25.5 Å². The van der Waals surface area contributed by atoms with Gasteiger partial charge in [0.1, 0.15) is 6.04 Å². The van der Waals surface area contributed by atoms with E-state index in [4.69, 9.17) is 5.73 Å². The molecule has 0 aliphatic heterocycles. The van der Waals surface area contributed by atoms with Crippen LogP contribution in [0, 0.1) is 0 Å². The molecule has 0 aliphatic rings. The second-order valence-electron chi connectivity index (χ2n) is 3.91. The number of nitrogens with two attached hydrogens (primary N) is 1. The lowest BCUT2D eigenvalue weighted by Crippen LogP contribution is -2.33. The van der Waals surface area contributed by atoms with Crippen LogP contribution in [0.3, 0.4) is 0 Å². The Morgan fingerprint density at radius 2 is 1.79 bits per heavy atom. The average Bonchev–Trinajstić information content (AvgIpc) is 2.37. The molecule has 0 aromatic heterocycles. The molecular formula is C13H15NO5. The van der Waals surface area contributed by atoms with E-state index in [1.165, 1.54) is 19.2 Å². The summed E-state index contributed by atoms with van der Waals surface area (Å²) in [4.78, 5) is 33.2. The fourth-order valence-corrected chi connectivity index (χ4v) is 1.46. The van der Waals surface area contributed by atoms with Gasteiger partial charge >= 0.3 is 17.9 Å². The number of carbonyl (C=O) groups excluding carboxylic acids is 3. The number of methoxy groups -OCH3 is 1. The van der Waals surface area contributed by atoms with Gasteiger partial charge in [-0.05, 0) is 24.1 Å². The SMILES string of the molecule is COC(=O)C(N)Cc1ccc(C(=O)OC(C)=O)cc1. The summed E-state index contributed by atoms with van der Waals surface area (Å²) in [6, 6.07) is 5.54. The molecule has 0 heterocycles. The van der Waals surface area contributed by atoms with Crippen molar-refractivity contribution in [3.63, 3.8) is 0 Å². The van der Waals surface area contributed by atoms with E-state index in [0.29, 0.717) is 6.42 Å². The quantitative estimate of drug-likeness (QED) is 0.626. The van der Waals surface area contributed by atoms with Gasteiger partial charge in [0.05, 0.1) is 12.7 Å². The highest BCUT2D eigenvalue weighted by molar-refractivity contribution is 5.96. The normalized spacial score (nSPS) is 11.5. The third kappa shape index (κ3) is 4.51. The summed E-state index contributed by atoms with van der Waals surface area (Å²) in [5, 5.41) is 0. The standard InChI is InChI=1S/C13H15NO5/c1-8(15)19-12(16)10-5-3-9(4-6-10)7-11(14)13(17)18-2/h3-6,11H,7,14H2,1-2H3. The van der Waals surface area contributed by atoms with E-state index in [1.54, 1.807) is 12.1 Å². The number of carbonyl (C=O) groups is 3. The first-order chi connectivity index (χ1) is 8.93. The zero-order valence-corrected chi connectivity index (χ0v) is 10.7. The third-order valence-electron chi connectivity index (χ3n) is 2.39. The Kier molecular flexibility index (Phi) is 5.20. The first-order valence-corrected chi connectivity index (χ1v) is 5.59. The van der Waals surface area contributed by atoms with Crippen molar-refractivity contribution in [2.75, 3.05) is 7.11 Å². The van der Waals surface area contributed by atoms with Crippen LogP contribution in [-0.4, -0.2) is 31.1 Å². The van der Waals surface area contributed by atoms with Gasteiger partial charge in [-0.1, -0.05) is 12.1 Å². The van der Waals surface area contributed by atoms with Gasteiger partial charge in [0.25, 0.3) is 0 Å². The molecule has 2 N–H and O–H groups in total. The van der Waals surface area contributed by atoms with Gasteiger partial charge in [-0.15, -0.1) is 0 Å². The summed E-state index contributed by atoms with van der Waals surface area (Å²) in [7, 11) is 1.27. The van der Waals surface area contributed by atoms with Crippen LogP contribution in [0.25, 0.3) is 0 Å². The fourth-order valence-electron chi connectivity index (χ4n) is 1.46. The number of rotatable bonds is 4. The Morgan fingerprint density at radius 3 is 2.26 bits per heavy atom. The number of hydrogen-bond donors (Lipinski definition) is 1. The van der Waals surface area contributed by atoms with Crippen molar-refractivity contribution in [3.8, 4) is 0 Å². The second kappa shape index (κ2) is 6.65. The van der Waals surface area contributed by atoms with Crippen molar-refractivity contribution in [1.29, 1.82) is 0 Å². The van der Waals surface area contributed by atoms with Gasteiger partial charge in [-0.25, -0.2) is 4.79 Å². The Morgan fingerprint density at radius 1 is 1.21 bits per heavy atom. The zero-order valence-electron chi connectivity index (χ0n) is 10.7. The number of esters is 3. The van der Waals surface area contributed by atoms with Crippen LogP contribution < -0.4 is 5.73 Å². The van der Waals surface area contributed by atoms with Gasteiger partial charge in [-0.3, -0.25) is 9.59 Å². The van der Waals surface area contributed by atoms with Crippen LogP contribution in [0.1, 0.15) is 22.8 Å². The molecule has 102 valence electrons. The molecule has 0 saturated heterocycles. The molecule has 0 saturated carbocycles. The lowest BCUT2D eigenvalue weighted by Gasteiger charge is -2.09. The van der Waals surface area contributed by atoms with Crippen LogP contribution in [0.2, 0.25) is 0 Å². The molecule has 0 amide bonds. The van der Waals surface area contributed by atoms with E-state index >= 15 is 0 Å². The van der Waals surface area contributed by atoms with E-state index in [1.807, 2.05) is 0 Å². The molecule has 0 aliphatic carbocycles. The van der Waals surface area contributed by atoms with E-state index in [0.717, 1.165) is 12.5 Å². The van der Waals surface area contributed by atoms with Gasteiger partial charge in [0, 0.05) is 6.92 Å². The molecule has 1 atom stereocenters. The molecule has 0 bridgehead atoms. The number of hydrogen-bond acceptors (Lipinski definition) is 6. The Bertz CT molecular complexity index is 480. The van der Waals surface area contributed by atoms with Gasteiger partial charge < -0.3 is 15.2 Å². The highest BCUT2D eigenvalue weighted by Gasteiger charge is 2.15.